The highest BCUT2D eigenvalue weighted by Gasteiger charge is 2.12. The Morgan fingerprint density at radius 2 is 1.07 bits per heavy atom. The van der Waals surface area contributed by atoms with Crippen LogP contribution < -0.4 is 10.2 Å². The summed E-state index contributed by atoms with van der Waals surface area (Å²) in [4.78, 5) is 13.9. The molecule has 1 aromatic heterocycles. The molecule has 1 heterocycles. The van der Waals surface area contributed by atoms with Gasteiger partial charge in [-0.1, -0.05) is 86.0 Å². The molecule has 0 bridgehead atoms. The summed E-state index contributed by atoms with van der Waals surface area (Å²) in [5.74, 6) is -0.171. The van der Waals surface area contributed by atoms with Crippen LogP contribution in [0.15, 0.2) is 152 Å². The lowest BCUT2D eigenvalue weighted by atomic mass is 10.2. The molecule has 1 N–H and O–H groups in total. The fourth-order valence-corrected chi connectivity index (χ4v) is 4.68. The normalized spacial score (nSPS) is 10.4. The van der Waals surface area contributed by atoms with Gasteiger partial charge in [-0.25, -0.2) is 0 Å². The number of benzene rings is 5. The molecule has 6 rings (SSSR count). The molecule has 4 nitrogen and oxygen atoms in total. The van der Waals surface area contributed by atoms with Crippen molar-refractivity contribution < 1.29 is 4.79 Å². The predicted octanol–water partition coefficient (Wildman–Crippen LogP) is 9.57. The minimum atomic E-state index is -0.171. The number of nitrogens with one attached hydrogen (secondary N) is 1. The zero-order chi connectivity index (χ0) is 27.9. The Morgan fingerprint density at radius 3 is 1.52 bits per heavy atom. The summed E-state index contributed by atoms with van der Waals surface area (Å²) in [7, 11) is 0. The third-order valence-corrected chi connectivity index (χ3v) is 6.60. The van der Waals surface area contributed by atoms with E-state index in [-0.39, 0.29) is 5.91 Å². The summed E-state index contributed by atoms with van der Waals surface area (Å²) in [6.07, 6.45) is 1.87. The number of hydrogen-bond acceptors (Lipinski definition) is 2. The Kier molecular flexibility index (Phi) is 7.89. The quantitative estimate of drug-likeness (QED) is 0.222. The molecule has 0 saturated carbocycles. The van der Waals surface area contributed by atoms with Crippen molar-refractivity contribution in [3.05, 3.63) is 152 Å². The molecule has 6 aromatic rings. The summed E-state index contributed by atoms with van der Waals surface area (Å²) in [5, 5.41) is 5.40. The Morgan fingerprint density at radius 1 is 0.650 bits per heavy atom. The lowest BCUT2D eigenvalue weighted by molar-refractivity contribution is -0.112. The monoisotopic (exact) mass is 521 g/mol. The Bertz CT molecular complexity index is 1680. The third kappa shape index (κ3) is 5.57. The number of carbonyl (C=O) groups is 1. The van der Waals surface area contributed by atoms with Crippen LogP contribution in [-0.2, 0) is 4.79 Å². The lowest BCUT2D eigenvalue weighted by Crippen LogP contribution is -2.12. The van der Waals surface area contributed by atoms with Crippen LogP contribution in [0.4, 0.5) is 22.7 Å². The number of aromatic nitrogens is 1. The van der Waals surface area contributed by atoms with E-state index in [0.717, 1.165) is 22.7 Å². The van der Waals surface area contributed by atoms with Crippen molar-refractivity contribution in [2.24, 2.45) is 0 Å². The first kappa shape index (κ1) is 26.3. The van der Waals surface area contributed by atoms with Gasteiger partial charge in [-0.05, 0) is 67.6 Å². The van der Waals surface area contributed by atoms with Crippen molar-refractivity contribution in [3.8, 4) is 0 Å². The second-order valence-electron chi connectivity index (χ2n) is 9.37. The van der Waals surface area contributed by atoms with Gasteiger partial charge in [-0.2, -0.15) is 0 Å². The molecular weight excluding hydrogens is 490 g/mol. The van der Waals surface area contributed by atoms with E-state index < -0.39 is 0 Å². The van der Waals surface area contributed by atoms with Crippen LogP contribution in [0, 0.1) is 0 Å². The number of carbonyl (C=O) groups excluding carboxylic acids is 1. The van der Waals surface area contributed by atoms with Crippen LogP contribution >= 0.6 is 0 Å². The topological polar surface area (TPSA) is 37.3 Å². The number of anilines is 4. The van der Waals surface area contributed by atoms with Gasteiger partial charge >= 0.3 is 0 Å². The zero-order valence-electron chi connectivity index (χ0n) is 22.5. The molecule has 0 unspecified atom stereocenters. The molecule has 0 aliphatic heterocycles. The van der Waals surface area contributed by atoms with Crippen molar-refractivity contribution in [2.45, 2.75) is 6.92 Å². The van der Waals surface area contributed by atoms with E-state index >= 15 is 0 Å². The molecule has 0 aliphatic carbocycles. The molecule has 5 aromatic carbocycles. The van der Waals surface area contributed by atoms with E-state index in [2.05, 4.69) is 101 Å². The van der Waals surface area contributed by atoms with Gasteiger partial charge < -0.3 is 14.8 Å². The van der Waals surface area contributed by atoms with E-state index in [4.69, 9.17) is 0 Å². The summed E-state index contributed by atoms with van der Waals surface area (Å²) < 4.78 is 2.13. The van der Waals surface area contributed by atoms with Crippen molar-refractivity contribution in [1.29, 1.82) is 0 Å². The Labute approximate surface area is 235 Å². The van der Waals surface area contributed by atoms with Crippen LogP contribution in [0.2, 0.25) is 0 Å². The van der Waals surface area contributed by atoms with Crippen LogP contribution in [0.3, 0.4) is 0 Å². The summed E-state index contributed by atoms with van der Waals surface area (Å²) in [6.45, 7) is 9.21. The number of amides is 1. The first-order chi connectivity index (χ1) is 19.6. The first-order valence-corrected chi connectivity index (χ1v) is 13.1. The molecular formula is C36H31N3O. The van der Waals surface area contributed by atoms with Gasteiger partial charge in [-0.3, -0.25) is 4.79 Å². The van der Waals surface area contributed by atoms with Gasteiger partial charge in [0.25, 0.3) is 5.91 Å². The Balaban J connectivity index is 0.000000182. The Hall–Kier alpha value is -5.35. The maximum Gasteiger partial charge on any atom is 0.250 e. The van der Waals surface area contributed by atoms with Crippen molar-refractivity contribution in [1.82, 2.24) is 4.57 Å². The zero-order valence-corrected chi connectivity index (χ0v) is 22.5. The van der Waals surface area contributed by atoms with E-state index in [9.17, 15) is 4.79 Å². The average molecular weight is 522 g/mol. The highest BCUT2D eigenvalue weighted by atomic mass is 16.1. The third-order valence-electron chi connectivity index (χ3n) is 6.60. The van der Waals surface area contributed by atoms with Gasteiger partial charge in [-0.15, -0.1) is 0 Å². The minimum Gasteiger partial charge on any atom is -0.322 e. The highest BCUT2D eigenvalue weighted by Crippen LogP contribution is 2.34. The van der Waals surface area contributed by atoms with Crippen molar-refractivity contribution >= 4 is 56.7 Å². The van der Waals surface area contributed by atoms with Crippen molar-refractivity contribution in [2.75, 3.05) is 10.2 Å². The van der Waals surface area contributed by atoms with Gasteiger partial charge in [0.15, 0.2) is 0 Å². The molecule has 0 fully saturated rings. The largest absolute Gasteiger partial charge is 0.322 e. The molecule has 0 atom stereocenters. The molecule has 4 heteroatoms. The van der Waals surface area contributed by atoms with E-state index in [1.54, 1.807) is 6.92 Å². The maximum absolute atomic E-state index is 11.8. The van der Waals surface area contributed by atoms with Crippen LogP contribution in [0.25, 0.3) is 28.0 Å². The lowest BCUT2D eigenvalue weighted by Gasteiger charge is -2.25. The van der Waals surface area contributed by atoms with E-state index in [0.29, 0.717) is 5.57 Å². The van der Waals surface area contributed by atoms with Gasteiger partial charge in [0.2, 0.25) is 0 Å². The summed E-state index contributed by atoms with van der Waals surface area (Å²) >= 11 is 0. The molecule has 40 heavy (non-hydrogen) atoms. The highest BCUT2D eigenvalue weighted by molar-refractivity contribution is 6.09. The first-order valence-electron chi connectivity index (χ1n) is 13.1. The molecule has 0 radical (unpaired) electrons. The standard InChI is InChI=1S/C22H20N2O.C14H11N/c1-17(2)22(25)23-18-13-15-21(16-14-18)24(19-9-5-3-6-10-19)20-11-7-4-8-12-20;1-2-15-13-9-5-3-7-11(13)12-8-4-6-10-14(12)15/h3-16H,1H2,2H3,(H,23,25);2-10H,1H2. The predicted molar refractivity (Wildman–Crippen MR) is 170 cm³/mol. The number of para-hydroxylation sites is 4. The second-order valence-corrected chi connectivity index (χ2v) is 9.37. The summed E-state index contributed by atoms with van der Waals surface area (Å²) in [6, 6.07) is 45.0. The fraction of sp³-hybridized carbons (Fsp3) is 0.0278. The molecule has 0 spiro atoms. The SMILES string of the molecule is C=C(C)C(=O)Nc1ccc(N(c2ccccc2)c2ccccc2)cc1.C=Cn1c2ccccc2c2ccccc21. The number of rotatable bonds is 6. The second kappa shape index (κ2) is 12.0. The molecule has 0 aliphatic rings. The van der Waals surface area contributed by atoms with Crippen LogP contribution in [-0.4, -0.2) is 10.5 Å². The van der Waals surface area contributed by atoms with Gasteiger partial charge in [0.05, 0.1) is 11.0 Å². The number of hydrogen-bond donors (Lipinski definition) is 1. The molecule has 1 amide bonds. The number of fused-ring (bicyclic) bond motifs is 3. The fourth-order valence-electron chi connectivity index (χ4n) is 4.68. The maximum atomic E-state index is 11.8. The van der Waals surface area contributed by atoms with Gasteiger partial charge in [0, 0.05) is 45.3 Å². The molecule has 0 saturated heterocycles. The van der Waals surface area contributed by atoms with E-state index in [1.807, 2.05) is 66.9 Å². The van der Waals surface area contributed by atoms with Crippen LogP contribution in [0.5, 0.6) is 0 Å². The average Bonchev–Trinajstić information content (AvgIpc) is 3.33. The van der Waals surface area contributed by atoms with Crippen molar-refractivity contribution in [3.63, 3.8) is 0 Å². The van der Waals surface area contributed by atoms with Crippen LogP contribution in [0.1, 0.15) is 6.92 Å². The smallest absolute Gasteiger partial charge is 0.250 e. The number of nitrogens with zero attached hydrogens (tertiary/aromatic N) is 2. The van der Waals surface area contributed by atoms with Gasteiger partial charge in [0.1, 0.15) is 0 Å². The minimum absolute atomic E-state index is 0.171. The molecule has 196 valence electrons. The van der Waals surface area contributed by atoms with E-state index in [1.165, 1.54) is 21.8 Å². The summed E-state index contributed by atoms with van der Waals surface area (Å²) in [5.41, 5.74) is 6.84.